The van der Waals surface area contributed by atoms with Crippen LogP contribution in [0.1, 0.15) is 11.4 Å². The number of halogens is 2. The molecule has 0 unspecified atom stereocenters. The fourth-order valence-corrected chi connectivity index (χ4v) is 0.679. The summed E-state index contributed by atoms with van der Waals surface area (Å²) in [4.78, 5) is 0. The van der Waals surface area contributed by atoms with Gasteiger partial charge in [0.05, 0.1) is 11.4 Å². The van der Waals surface area contributed by atoms with Crippen LogP contribution in [0.2, 0.25) is 0 Å². The Kier molecular flexibility index (Phi) is 7.72. The molecule has 1 heterocycles. The second kappa shape index (κ2) is 6.39. The average Bonchev–Trinajstić information content (AvgIpc) is 2.18. The first kappa shape index (κ1) is 13.3. The van der Waals surface area contributed by atoms with Crippen molar-refractivity contribution < 1.29 is 0 Å². The Bertz CT molecular complexity index is 188. The molecule has 0 saturated carbocycles. The number of H-pyrrole nitrogens is 1. The van der Waals surface area contributed by atoms with E-state index in [0.717, 1.165) is 17.8 Å². The van der Waals surface area contributed by atoms with Gasteiger partial charge in [0, 0.05) is 6.42 Å². The van der Waals surface area contributed by atoms with Gasteiger partial charge in [-0.2, -0.15) is 15.4 Å². The summed E-state index contributed by atoms with van der Waals surface area (Å²) >= 11 is 0. The largest absolute Gasteiger partial charge is 0.330 e. The van der Waals surface area contributed by atoms with Gasteiger partial charge in [-0.05, 0) is 13.5 Å². The summed E-state index contributed by atoms with van der Waals surface area (Å²) in [6.45, 7) is 2.54. The van der Waals surface area contributed by atoms with Crippen LogP contribution in [0.3, 0.4) is 0 Å². The van der Waals surface area contributed by atoms with E-state index in [-0.39, 0.29) is 24.8 Å². The molecular formula is C5H12Cl2N4. The standard InChI is InChI=1S/C5H10N4.2ClH/c1-4-5(2-3-6)8-9-7-4;;/h2-3,6H2,1H3,(H,7,8,9);2*1H. The van der Waals surface area contributed by atoms with Crippen molar-refractivity contribution in [2.45, 2.75) is 13.3 Å². The number of aromatic nitrogens is 3. The van der Waals surface area contributed by atoms with Gasteiger partial charge >= 0.3 is 0 Å². The molecule has 3 N–H and O–H groups in total. The molecule has 6 heteroatoms. The van der Waals surface area contributed by atoms with E-state index in [4.69, 9.17) is 5.73 Å². The highest BCUT2D eigenvalue weighted by Crippen LogP contribution is 1.96. The Morgan fingerprint density at radius 3 is 2.36 bits per heavy atom. The van der Waals surface area contributed by atoms with Crippen LogP contribution < -0.4 is 5.73 Å². The quantitative estimate of drug-likeness (QED) is 0.726. The Hall–Kier alpha value is -0.320. The third-order valence-electron chi connectivity index (χ3n) is 1.20. The van der Waals surface area contributed by atoms with Crippen molar-refractivity contribution >= 4 is 24.8 Å². The zero-order valence-corrected chi connectivity index (χ0v) is 7.84. The van der Waals surface area contributed by atoms with Gasteiger partial charge in [-0.3, -0.25) is 0 Å². The lowest BCUT2D eigenvalue weighted by Crippen LogP contribution is -2.03. The lowest BCUT2D eigenvalue weighted by atomic mass is 10.3. The Labute approximate surface area is 77.8 Å². The van der Waals surface area contributed by atoms with Crippen LogP contribution in [0.25, 0.3) is 0 Å². The molecule has 0 aliphatic carbocycles. The van der Waals surface area contributed by atoms with Crippen molar-refractivity contribution in [3.8, 4) is 0 Å². The van der Waals surface area contributed by atoms with E-state index < -0.39 is 0 Å². The molecule has 4 nitrogen and oxygen atoms in total. The number of aromatic amines is 1. The molecule has 0 aromatic carbocycles. The van der Waals surface area contributed by atoms with Crippen LogP contribution in [0.4, 0.5) is 0 Å². The Balaban J connectivity index is 0. The van der Waals surface area contributed by atoms with Gasteiger partial charge in [0.1, 0.15) is 0 Å². The van der Waals surface area contributed by atoms with Crippen molar-refractivity contribution in [3.63, 3.8) is 0 Å². The highest BCUT2D eigenvalue weighted by atomic mass is 35.5. The molecule has 1 aromatic heterocycles. The molecule has 0 saturated heterocycles. The maximum Gasteiger partial charge on any atom is 0.0866 e. The molecule has 1 rings (SSSR count). The van der Waals surface area contributed by atoms with Crippen LogP contribution in [0.5, 0.6) is 0 Å². The molecule has 0 spiro atoms. The first-order valence-electron chi connectivity index (χ1n) is 2.91. The van der Waals surface area contributed by atoms with Gasteiger partial charge in [-0.15, -0.1) is 24.8 Å². The molecule has 0 bridgehead atoms. The summed E-state index contributed by atoms with van der Waals surface area (Å²) in [6.07, 6.45) is 0.808. The monoisotopic (exact) mass is 198 g/mol. The van der Waals surface area contributed by atoms with Crippen molar-refractivity contribution in [3.05, 3.63) is 11.4 Å². The van der Waals surface area contributed by atoms with Gasteiger partial charge in [0.15, 0.2) is 0 Å². The molecule has 0 aliphatic rings. The molecule has 0 atom stereocenters. The number of hydrogen-bond donors (Lipinski definition) is 2. The van der Waals surface area contributed by atoms with Crippen LogP contribution in [0.15, 0.2) is 0 Å². The fourth-order valence-electron chi connectivity index (χ4n) is 0.679. The molecular weight excluding hydrogens is 187 g/mol. The minimum Gasteiger partial charge on any atom is -0.330 e. The molecule has 66 valence electrons. The number of aryl methyl sites for hydroxylation is 1. The van der Waals surface area contributed by atoms with Crippen LogP contribution in [-0.2, 0) is 6.42 Å². The third kappa shape index (κ3) is 3.55. The zero-order chi connectivity index (χ0) is 6.69. The molecule has 11 heavy (non-hydrogen) atoms. The molecule has 0 aliphatic heterocycles. The van der Waals surface area contributed by atoms with Gasteiger partial charge in [-0.25, -0.2) is 0 Å². The third-order valence-corrected chi connectivity index (χ3v) is 1.20. The summed E-state index contributed by atoms with van der Waals surface area (Å²) in [6, 6.07) is 0. The molecule has 0 radical (unpaired) electrons. The summed E-state index contributed by atoms with van der Waals surface area (Å²) in [5.41, 5.74) is 7.22. The lowest BCUT2D eigenvalue weighted by molar-refractivity contribution is 0.877. The highest BCUT2D eigenvalue weighted by Gasteiger charge is 1.98. The van der Waals surface area contributed by atoms with Crippen LogP contribution in [0, 0.1) is 6.92 Å². The fraction of sp³-hybridized carbons (Fsp3) is 0.600. The summed E-state index contributed by atoms with van der Waals surface area (Å²) in [5.74, 6) is 0. The van der Waals surface area contributed by atoms with E-state index in [0.29, 0.717) is 6.54 Å². The second-order valence-corrected chi connectivity index (χ2v) is 1.89. The summed E-state index contributed by atoms with van der Waals surface area (Å²) in [5, 5.41) is 10.3. The van der Waals surface area contributed by atoms with Crippen molar-refractivity contribution in [1.29, 1.82) is 0 Å². The topological polar surface area (TPSA) is 67.6 Å². The minimum absolute atomic E-state index is 0. The minimum atomic E-state index is 0. The zero-order valence-electron chi connectivity index (χ0n) is 6.20. The van der Waals surface area contributed by atoms with E-state index in [1.165, 1.54) is 0 Å². The molecule has 1 aromatic rings. The van der Waals surface area contributed by atoms with E-state index in [1.807, 2.05) is 6.92 Å². The summed E-state index contributed by atoms with van der Waals surface area (Å²) in [7, 11) is 0. The first-order valence-corrected chi connectivity index (χ1v) is 2.91. The highest BCUT2D eigenvalue weighted by molar-refractivity contribution is 5.85. The smallest absolute Gasteiger partial charge is 0.0866 e. The van der Waals surface area contributed by atoms with Gasteiger partial charge < -0.3 is 5.73 Å². The van der Waals surface area contributed by atoms with Gasteiger partial charge in [-0.1, -0.05) is 0 Å². The number of nitrogens with zero attached hydrogens (tertiary/aromatic N) is 2. The molecule has 0 amide bonds. The van der Waals surface area contributed by atoms with Crippen molar-refractivity contribution in [2.24, 2.45) is 5.73 Å². The van der Waals surface area contributed by atoms with Crippen LogP contribution in [-0.4, -0.2) is 22.0 Å². The van der Waals surface area contributed by atoms with E-state index in [9.17, 15) is 0 Å². The van der Waals surface area contributed by atoms with Gasteiger partial charge in [0.25, 0.3) is 0 Å². The maximum absolute atomic E-state index is 5.31. The van der Waals surface area contributed by atoms with E-state index >= 15 is 0 Å². The number of nitrogens with two attached hydrogens (primary N) is 1. The predicted molar refractivity (Wildman–Crippen MR) is 48.4 cm³/mol. The number of rotatable bonds is 2. The van der Waals surface area contributed by atoms with Crippen LogP contribution >= 0.6 is 24.8 Å². The Morgan fingerprint density at radius 2 is 2.00 bits per heavy atom. The second-order valence-electron chi connectivity index (χ2n) is 1.89. The average molecular weight is 199 g/mol. The number of hydrogen-bond acceptors (Lipinski definition) is 3. The lowest BCUT2D eigenvalue weighted by Gasteiger charge is -1.88. The van der Waals surface area contributed by atoms with Gasteiger partial charge in [0.2, 0.25) is 0 Å². The SMILES string of the molecule is Cc1n[nH]nc1CCN.Cl.Cl. The summed E-state index contributed by atoms with van der Waals surface area (Å²) < 4.78 is 0. The van der Waals surface area contributed by atoms with Crippen molar-refractivity contribution in [1.82, 2.24) is 15.4 Å². The van der Waals surface area contributed by atoms with E-state index in [1.54, 1.807) is 0 Å². The predicted octanol–water partition coefficient (Wildman–Crippen LogP) is 0.458. The van der Waals surface area contributed by atoms with Crippen molar-refractivity contribution in [2.75, 3.05) is 6.54 Å². The van der Waals surface area contributed by atoms with E-state index in [2.05, 4.69) is 15.4 Å². The maximum atomic E-state index is 5.31. The normalized spacial score (nSPS) is 8.18. The Morgan fingerprint density at radius 1 is 1.36 bits per heavy atom. The molecule has 0 fully saturated rings. The first-order chi connectivity index (χ1) is 4.34. The number of nitrogens with one attached hydrogen (secondary N) is 1.